The van der Waals surface area contributed by atoms with E-state index in [0.717, 1.165) is 6.92 Å². The summed E-state index contributed by atoms with van der Waals surface area (Å²) in [5.41, 5.74) is -0.306. The summed E-state index contributed by atoms with van der Waals surface area (Å²) < 4.78 is 39.4. The standard InChI is InChI=1S/C21H31BN2O8S/c1-7-18(26)24(15(2)25)30-19(27)9-8-14-23-33(28,29)17-12-10-16(11-13-17)22-31-20(3,4)21(5,6)32-22/h10-13,23H,7-9,14H2,1-6H3. The third-order valence-corrected chi connectivity index (χ3v) is 7.05. The lowest BCUT2D eigenvalue weighted by atomic mass is 9.79. The van der Waals surface area contributed by atoms with Crippen LogP contribution in [0, 0.1) is 0 Å². The van der Waals surface area contributed by atoms with Gasteiger partial charge in [-0.1, -0.05) is 19.1 Å². The van der Waals surface area contributed by atoms with Gasteiger partial charge in [-0.15, -0.1) is 5.06 Å². The predicted molar refractivity (Wildman–Crippen MR) is 120 cm³/mol. The summed E-state index contributed by atoms with van der Waals surface area (Å²) in [5.74, 6) is -2.15. The summed E-state index contributed by atoms with van der Waals surface area (Å²) in [6, 6.07) is 6.18. The van der Waals surface area contributed by atoms with Crippen LogP contribution in [0.15, 0.2) is 29.2 Å². The highest BCUT2D eigenvalue weighted by Crippen LogP contribution is 2.36. The van der Waals surface area contributed by atoms with Crippen LogP contribution in [0.5, 0.6) is 0 Å². The van der Waals surface area contributed by atoms with Gasteiger partial charge in [0, 0.05) is 26.3 Å². The SMILES string of the molecule is CCC(=O)N(OC(=O)CCCNS(=O)(=O)c1ccc(B2OC(C)(C)C(C)(C)O2)cc1)C(C)=O. The fraction of sp³-hybridized carbons (Fsp3) is 0.571. The average molecular weight is 482 g/mol. The number of hydroxylamine groups is 2. The number of hydrogen-bond acceptors (Lipinski definition) is 8. The van der Waals surface area contributed by atoms with Crippen LogP contribution in [0.4, 0.5) is 0 Å². The molecule has 1 fully saturated rings. The van der Waals surface area contributed by atoms with Crippen molar-refractivity contribution in [3.63, 3.8) is 0 Å². The summed E-state index contributed by atoms with van der Waals surface area (Å²) in [4.78, 5) is 39.7. The molecular formula is C21H31BN2O8S. The molecule has 0 aliphatic carbocycles. The number of carbonyl (C=O) groups is 3. The van der Waals surface area contributed by atoms with E-state index < -0.39 is 46.1 Å². The molecule has 1 aromatic carbocycles. The monoisotopic (exact) mass is 482 g/mol. The van der Waals surface area contributed by atoms with E-state index >= 15 is 0 Å². The molecule has 0 aromatic heterocycles. The number of nitrogens with one attached hydrogen (secondary N) is 1. The van der Waals surface area contributed by atoms with Gasteiger partial charge < -0.3 is 14.1 Å². The van der Waals surface area contributed by atoms with Crippen molar-refractivity contribution in [3.8, 4) is 0 Å². The van der Waals surface area contributed by atoms with E-state index in [1.807, 2.05) is 27.7 Å². The Morgan fingerprint density at radius 2 is 1.61 bits per heavy atom. The molecule has 10 nitrogen and oxygen atoms in total. The Kier molecular flexibility index (Phi) is 8.44. The summed E-state index contributed by atoms with van der Waals surface area (Å²) >= 11 is 0. The molecule has 33 heavy (non-hydrogen) atoms. The van der Waals surface area contributed by atoms with Crippen LogP contribution in [-0.2, 0) is 38.6 Å². The Hall–Kier alpha value is -2.28. The van der Waals surface area contributed by atoms with E-state index in [0.29, 0.717) is 10.5 Å². The van der Waals surface area contributed by atoms with Crippen molar-refractivity contribution in [3.05, 3.63) is 24.3 Å². The Labute approximate surface area is 195 Å². The number of benzene rings is 1. The van der Waals surface area contributed by atoms with Crippen LogP contribution < -0.4 is 10.2 Å². The molecular weight excluding hydrogens is 451 g/mol. The average Bonchev–Trinajstić information content (AvgIpc) is 2.95. The summed E-state index contributed by atoms with van der Waals surface area (Å²) in [6.45, 7) is 10.3. The van der Waals surface area contributed by atoms with Gasteiger partial charge in [-0.3, -0.25) is 9.59 Å². The molecule has 182 valence electrons. The molecule has 0 spiro atoms. The van der Waals surface area contributed by atoms with Crippen LogP contribution >= 0.6 is 0 Å². The molecule has 1 aliphatic rings. The molecule has 1 aliphatic heterocycles. The molecule has 2 rings (SSSR count). The molecule has 1 aromatic rings. The third-order valence-electron chi connectivity index (χ3n) is 5.57. The zero-order valence-electron chi connectivity index (χ0n) is 19.8. The maximum atomic E-state index is 12.5. The topological polar surface area (TPSA) is 128 Å². The van der Waals surface area contributed by atoms with Gasteiger partial charge >= 0.3 is 13.1 Å². The van der Waals surface area contributed by atoms with E-state index in [1.165, 1.54) is 19.1 Å². The number of carbonyl (C=O) groups excluding carboxylic acids is 3. The van der Waals surface area contributed by atoms with Crippen molar-refractivity contribution in [2.75, 3.05) is 6.54 Å². The molecule has 1 heterocycles. The molecule has 0 unspecified atom stereocenters. The van der Waals surface area contributed by atoms with Gasteiger partial charge in [0.2, 0.25) is 10.0 Å². The Morgan fingerprint density at radius 1 is 1.06 bits per heavy atom. The molecule has 1 saturated heterocycles. The maximum absolute atomic E-state index is 12.5. The lowest BCUT2D eigenvalue weighted by Crippen LogP contribution is -2.41. The normalized spacial score (nSPS) is 17.0. The van der Waals surface area contributed by atoms with Crippen molar-refractivity contribution < 1.29 is 36.9 Å². The quantitative estimate of drug-likeness (QED) is 0.334. The van der Waals surface area contributed by atoms with Crippen LogP contribution in [0.3, 0.4) is 0 Å². The number of nitrogens with zero attached hydrogens (tertiary/aromatic N) is 1. The lowest BCUT2D eigenvalue weighted by Gasteiger charge is -2.32. The Morgan fingerprint density at radius 3 is 2.09 bits per heavy atom. The smallest absolute Gasteiger partial charge is 0.399 e. The second-order valence-electron chi connectivity index (χ2n) is 8.68. The largest absolute Gasteiger partial charge is 0.494 e. The van der Waals surface area contributed by atoms with E-state index in [9.17, 15) is 22.8 Å². The predicted octanol–water partition coefficient (Wildman–Crippen LogP) is 1.29. The Balaban J connectivity index is 1.88. The molecule has 2 amide bonds. The van der Waals surface area contributed by atoms with Crippen molar-refractivity contribution in [2.45, 2.75) is 76.9 Å². The first-order valence-electron chi connectivity index (χ1n) is 10.7. The van der Waals surface area contributed by atoms with E-state index in [4.69, 9.17) is 14.1 Å². The minimum absolute atomic E-state index is 0.0000322. The molecule has 1 N–H and O–H groups in total. The van der Waals surface area contributed by atoms with Crippen molar-refractivity contribution in [1.82, 2.24) is 9.79 Å². The van der Waals surface area contributed by atoms with Crippen LogP contribution in [-0.4, -0.2) is 56.1 Å². The van der Waals surface area contributed by atoms with Gasteiger partial charge in [0.05, 0.1) is 16.1 Å². The fourth-order valence-electron chi connectivity index (χ4n) is 2.89. The highest BCUT2D eigenvalue weighted by atomic mass is 32.2. The summed E-state index contributed by atoms with van der Waals surface area (Å²) in [7, 11) is -4.40. The van der Waals surface area contributed by atoms with Gasteiger partial charge in [0.15, 0.2) is 0 Å². The van der Waals surface area contributed by atoms with E-state index in [1.54, 1.807) is 12.1 Å². The van der Waals surface area contributed by atoms with Gasteiger partial charge in [0.1, 0.15) is 0 Å². The zero-order valence-corrected chi connectivity index (χ0v) is 20.7. The van der Waals surface area contributed by atoms with Gasteiger partial charge in [-0.2, -0.15) is 0 Å². The van der Waals surface area contributed by atoms with E-state index in [-0.39, 0.29) is 30.7 Å². The number of hydrogen-bond donors (Lipinski definition) is 1. The number of amides is 2. The summed E-state index contributed by atoms with van der Waals surface area (Å²) in [5, 5.41) is 0.411. The highest BCUT2D eigenvalue weighted by Gasteiger charge is 2.51. The van der Waals surface area contributed by atoms with Gasteiger partial charge in [-0.25, -0.2) is 17.9 Å². The molecule has 0 atom stereocenters. The first-order chi connectivity index (χ1) is 15.2. The first kappa shape index (κ1) is 27.0. The second-order valence-corrected chi connectivity index (χ2v) is 10.4. The molecule has 0 radical (unpaired) electrons. The molecule has 0 saturated carbocycles. The number of rotatable bonds is 8. The maximum Gasteiger partial charge on any atom is 0.494 e. The minimum atomic E-state index is -3.80. The lowest BCUT2D eigenvalue weighted by molar-refractivity contribution is -0.201. The summed E-state index contributed by atoms with van der Waals surface area (Å²) in [6.07, 6.45) is -0.0553. The first-order valence-corrected chi connectivity index (χ1v) is 12.2. The van der Waals surface area contributed by atoms with Crippen molar-refractivity contribution in [1.29, 1.82) is 0 Å². The van der Waals surface area contributed by atoms with Crippen LogP contribution in [0.1, 0.15) is 60.8 Å². The fourth-order valence-corrected chi connectivity index (χ4v) is 3.96. The molecule has 0 bridgehead atoms. The molecule has 12 heteroatoms. The second kappa shape index (κ2) is 10.3. The highest BCUT2D eigenvalue weighted by molar-refractivity contribution is 7.89. The van der Waals surface area contributed by atoms with Gasteiger partial charge in [0.25, 0.3) is 11.8 Å². The van der Waals surface area contributed by atoms with Gasteiger partial charge in [-0.05, 0) is 51.7 Å². The van der Waals surface area contributed by atoms with Crippen molar-refractivity contribution in [2.24, 2.45) is 0 Å². The number of imide groups is 1. The van der Waals surface area contributed by atoms with Crippen LogP contribution in [0.25, 0.3) is 0 Å². The van der Waals surface area contributed by atoms with Crippen LogP contribution in [0.2, 0.25) is 0 Å². The van der Waals surface area contributed by atoms with Crippen molar-refractivity contribution >= 4 is 40.4 Å². The third kappa shape index (κ3) is 6.63. The van der Waals surface area contributed by atoms with E-state index in [2.05, 4.69) is 4.72 Å². The minimum Gasteiger partial charge on any atom is -0.399 e. The Bertz CT molecular complexity index is 976. The number of sulfonamides is 1. The zero-order chi connectivity index (χ0) is 25.0.